The average molecular weight is 283 g/mol. The molecular formula is C15H29N3O2. The molecule has 0 spiro atoms. The van der Waals surface area contributed by atoms with Gasteiger partial charge in [0.05, 0.1) is 0 Å². The van der Waals surface area contributed by atoms with Crippen LogP contribution in [0.5, 0.6) is 0 Å². The number of ether oxygens (including phenoxy) is 1. The van der Waals surface area contributed by atoms with Crippen LogP contribution in [-0.4, -0.2) is 54.9 Å². The summed E-state index contributed by atoms with van der Waals surface area (Å²) in [5, 5.41) is 6.43. The van der Waals surface area contributed by atoms with E-state index in [0.29, 0.717) is 6.04 Å². The Morgan fingerprint density at radius 3 is 2.60 bits per heavy atom. The van der Waals surface area contributed by atoms with Crippen LogP contribution in [0, 0.1) is 0 Å². The van der Waals surface area contributed by atoms with Gasteiger partial charge < -0.3 is 15.4 Å². The highest BCUT2D eigenvalue weighted by atomic mass is 16.6. The van der Waals surface area contributed by atoms with E-state index in [2.05, 4.69) is 15.5 Å². The first-order valence-corrected chi connectivity index (χ1v) is 7.88. The Morgan fingerprint density at radius 1 is 1.25 bits per heavy atom. The minimum Gasteiger partial charge on any atom is -0.444 e. The van der Waals surface area contributed by atoms with E-state index in [-0.39, 0.29) is 12.1 Å². The lowest BCUT2D eigenvalue weighted by Gasteiger charge is -2.40. The number of likely N-dealkylation sites (tertiary alicyclic amines) is 1. The number of piperidine rings is 2. The molecule has 1 atom stereocenters. The number of amides is 1. The van der Waals surface area contributed by atoms with Crippen LogP contribution in [0.2, 0.25) is 0 Å². The molecule has 2 heterocycles. The molecule has 1 unspecified atom stereocenters. The van der Waals surface area contributed by atoms with E-state index in [1.165, 1.54) is 12.8 Å². The van der Waals surface area contributed by atoms with Crippen LogP contribution in [0.15, 0.2) is 0 Å². The smallest absolute Gasteiger partial charge is 0.407 e. The van der Waals surface area contributed by atoms with E-state index in [1.54, 1.807) is 0 Å². The lowest BCUT2D eigenvalue weighted by Crippen LogP contribution is -2.53. The summed E-state index contributed by atoms with van der Waals surface area (Å²) in [7, 11) is 0. The molecule has 2 aliphatic rings. The highest BCUT2D eigenvalue weighted by Gasteiger charge is 2.28. The van der Waals surface area contributed by atoms with Gasteiger partial charge in [-0.15, -0.1) is 0 Å². The van der Waals surface area contributed by atoms with Gasteiger partial charge in [0.25, 0.3) is 0 Å². The number of alkyl carbamates (subject to hydrolysis) is 1. The minimum atomic E-state index is -0.423. The summed E-state index contributed by atoms with van der Waals surface area (Å²) in [6, 6.07) is 0.910. The molecule has 2 N–H and O–H groups in total. The standard InChI is InChI=1S/C15H29N3O2/c1-15(2,3)20-14(19)17-12-5-4-10-18(11-12)13-6-8-16-9-7-13/h12-13,16H,4-11H2,1-3H3,(H,17,19). The third kappa shape index (κ3) is 4.94. The van der Waals surface area contributed by atoms with Crippen molar-refractivity contribution in [3.63, 3.8) is 0 Å². The van der Waals surface area contributed by atoms with Crippen molar-refractivity contribution in [1.29, 1.82) is 0 Å². The highest BCUT2D eigenvalue weighted by molar-refractivity contribution is 5.68. The fourth-order valence-corrected chi connectivity index (χ4v) is 3.10. The minimum absolute atomic E-state index is 0.230. The summed E-state index contributed by atoms with van der Waals surface area (Å²) in [6.45, 7) is 10.1. The van der Waals surface area contributed by atoms with Crippen LogP contribution in [0.3, 0.4) is 0 Å². The van der Waals surface area contributed by atoms with Crippen molar-refractivity contribution in [2.45, 2.75) is 64.1 Å². The van der Waals surface area contributed by atoms with Crippen molar-refractivity contribution in [2.75, 3.05) is 26.2 Å². The summed E-state index contributed by atoms with van der Waals surface area (Å²) in [5.41, 5.74) is -0.423. The second-order valence-corrected chi connectivity index (χ2v) is 6.96. The molecule has 0 aromatic carbocycles. The maximum atomic E-state index is 11.8. The van der Waals surface area contributed by atoms with Crippen molar-refractivity contribution < 1.29 is 9.53 Å². The molecule has 5 nitrogen and oxygen atoms in total. The fourth-order valence-electron chi connectivity index (χ4n) is 3.10. The number of carbonyl (C=O) groups is 1. The molecular weight excluding hydrogens is 254 g/mol. The van der Waals surface area contributed by atoms with E-state index in [4.69, 9.17) is 4.74 Å². The Morgan fingerprint density at radius 2 is 1.95 bits per heavy atom. The number of nitrogens with zero attached hydrogens (tertiary/aromatic N) is 1. The molecule has 2 fully saturated rings. The Balaban J connectivity index is 1.79. The normalized spacial score (nSPS) is 26.2. The van der Waals surface area contributed by atoms with Crippen molar-refractivity contribution in [3.05, 3.63) is 0 Å². The van der Waals surface area contributed by atoms with E-state index in [9.17, 15) is 4.79 Å². The van der Waals surface area contributed by atoms with Gasteiger partial charge in [0.2, 0.25) is 0 Å². The SMILES string of the molecule is CC(C)(C)OC(=O)NC1CCCN(C2CCNCC2)C1. The van der Waals surface area contributed by atoms with Gasteiger partial charge in [-0.05, 0) is 66.1 Å². The Hall–Kier alpha value is -0.810. The number of nitrogens with one attached hydrogen (secondary N) is 2. The summed E-state index contributed by atoms with van der Waals surface area (Å²) < 4.78 is 5.34. The second kappa shape index (κ2) is 6.76. The molecule has 2 saturated heterocycles. The van der Waals surface area contributed by atoms with Gasteiger partial charge in [-0.25, -0.2) is 4.79 Å². The summed E-state index contributed by atoms with van der Waals surface area (Å²) in [5.74, 6) is 0. The lowest BCUT2D eigenvalue weighted by atomic mass is 9.99. The molecule has 0 bridgehead atoms. The van der Waals surface area contributed by atoms with Crippen LogP contribution < -0.4 is 10.6 Å². The molecule has 5 heteroatoms. The van der Waals surface area contributed by atoms with Gasteiger partial charge in [-0.1, -0.05) is 0 Å². The maximum absolute atomic E-state index is 11.8. The van der Waals surface area contributed by atoms with Gasteiger partial charge in [0.15, 0.2) is 0 Å². The zero-order chi connectivity index (χ0) is 14.6. The van der Waals surface area contributed by atoms with Crippen molar-refractivity contribution in [1.82, 2.24) is 15.5 Å². The van der Waals surface area contributed by atoms with Crippen molar-refractivity contribution >= 4 is 6.09 Å². The molecule has 0 aromatic heterocycles. The van der Waals surface area contributed by atoms with Crippen molar-refractivity contribution in [3.8, 4) is 0 Å². The Bertz CT molecular complexity index is 322. The van der Waals surface area contributed by atoms with E-state index >= 15 is 0 Å². The number of rotatable bonds is 2. The van der Waals surface area contributed by atoms with Gasteiger partial charge in [0.1, 0.15) is 5.60 Å². The maximum Gasteiger partial charge on any atom is 0.407 e. The summed E-state index contributed by atoms with van der Waals surface area (Å²) in [6.07, 6.45) is 4.37. The zero-order valence-electron chi connectivity index (χ0n) is 13.1. The van der Waals surface area contributed by atoms with Gasteiger partial charge in [0, 0.05) is 18.6 Å². The van der Waals surface area contributed by atoms with Crippen LogP contribution in [0.25, 0.3) is 0 Å². The average Bonchev–Trinajstić information content (AvgIpc) is 2.38. The fraction of sp³-hybridized carbons (Fsp3) is 0.933. The van der Waals surface area contributed by atoms with Crippen molar-refractivity contribution in [2.24, 2.45) is 0 Å². The molecule has 0 radical (unpaired) electrons. The molecule has 0 aliphatic carbocycles. The van der Waals surface area contributed by atoms with Crippen LogP contribution in [0.1, 0.15) is 46.5 Å². The monoisotopic (exact) mass is 283 g/mol. The molecule has 0 aromatic rings. The number of carbonyl (C=O) groups excluding carboxylic acids is 1. The Kier molecular flexibility index (Phi) is 5.27. The van der Waals surface area contributed by atoms with Crippen LogP contribution in [0.4, 0.5) is 4.79 Å². The first kappa shape index (κ1) is 15.6. The lowest BCUT2D eigenvalue weighted by molar-refractivity contribution is 0.0444. The predicted molar refractivity (Wildman–Crippen MR) is 79.9 cm³/mol. The second-order valence-electron chi connectivity index (χ2n) is 6.96. The van der Waals surface area contributed by atoms with Gasteiger partial charge in [-0.3, -0.25) is 4.90 Å². The number of hydrogen-bond acceptors (Lipinski definition) is 4. The summed E-state index contributed by atoms with van der Waals surface area (Å²) >= 11 is 0. The quantitative estimate of drug-likeness (QED) is 0.810. The first-order valence-electron chi connectivity index (χ1n) is 7.88. The van der Waals surface area contributed by atoms with Crippen LogP contribution >= 0.6 is 0 Å². The predicted octanol–water partition coefficient (Wildman–Crippen LogP) is 1.73. The van der Waals surface area contributed by atoms with E-state index in [0.717, 1.165) is 39.0 Å². The summed E-state index contributed by atoms with van der Waals surface area (Å²) in [4.78, 5) is 14.4. The zero-order valence-corrected chi connectivity index (χ0v) is 13.1. The number of hydrogen-bond donors (Lipinski definition) is 2. The topological polar surface area (TPSA) is 53.6 Å². The molecule has 116 valence electrons. The molecule has 2 aliphatic heterocycles. The van der Waals surface area contributed by atoms with Crippen LogP contribution in [-0.2, 0) is 4.74 Å². The third-order valence-electron chi connectivity index (χ3n) is 4.00. The molecule has 2 rings (SSSR count). The molecule has 0 saturated carbocycles. The largest absolute Gasteiger partial charge is 0.444 e. The Labute approximate surface area is 122 Å². The first-order chi connectivity index (χ1) is 9.44. The molecule has 20 heavy (non-hydrogen) atoms. The molecule has 1 amide bonds. The van der Waals surface area contributed by atoms with E-state index < -0.39 is 5.60 Å². The third-order valence-corrected chi connectivity index (χ3v) is 4.00. The van der Waals surface area contributed by atoms with Gasteiger partial charge >= 0.3 is 6.09 Å². The highest BCUT2D eigenvalue weighted by Crippen LogP contribution is 2.19. The van der Waals surface area contributed by atoms with Gasteiger partial charge in [-0.2, -0.15) is 0 Å². The van der Waals surface area contributed by atoms with E-state index in [1.807, 2.05) is 20.8 Å².